The quantitative estimate of drug-likeness (QED) is 0.366. The fraction of sp³-hybridized carbons (Fsp3) is 0.138. The van der Waals surface area contributed by atoms with Gasteiger partial charge in [0.15, 0.2) is 4.80 Å². The second kappa shape index (κ2) is 10.8. The number of hydrogen-bond donors (Lipinski definition) is 2. The molecule has 10 heteroatoms. The van der Waals surface area contributed by atoms with Crippen LogP contribution in [0.2, 0.25) is 5.02 Å². The van der Waals surface area contributed by atoms with Gasteiger partial charge in [-0.25, -0.2) is 4.99 Å². The number of aromatic nitrogens is 1. The van der Waals surface area contributed by atoms with Gasteiger partial charge in [-0.15, -0.1) is 0 Å². The van der Waals surface area contributed by atoms with E-state index in [0.717, 1.165) is 11.3 Å². The molecule has 8 nitrogen and oxygen atoms in total. The summed E-state index contributed by atoms with van der Waals surface area (Å²) in [4.78, 5) is 32.7. The molecule has 0 bridgehead atoms. The number of carbonyl (C=O) groups is 1. The third-order valence-corrected chi connectivity index (χ3v) is 7.53. The van der Waals surface area contributed by atoms with Crippen molar-refractivity contribution >= 4 is 40.6 Å². The van der Waals surface area contributed by atoms with Gasteiger partial charge in [-0.05, 0) is 55.5 Å². The van der Waals surface area contributed by atoms with E-state index in [2.05, 4.69) is 10.3 Å². The van der Waals surface area contributed by atoms with Gasteiger partial charge in [0, 0.05) is 27.9 Å². The van der Waals surface area contributed by atoms with Crippen LogP contribution in [0, 0.1) is 0 Å². The molecule has 2 N–H and O–H groups in total. The van der Waals surface area contributed by atoms with E-state index in [9.17, 15) is 14.7 Å². The van der Waals surface area contributed by atoms with Gasteiger partial charge in [-0.3, -0.25) is 14.2 Å². The van der Waals surface area contributed by atoms with E-state index in [-0.39, 0.29) is 11.3 Å². The van der Waals surface area contributed by atoms with Crippen LogP contribution in [0.15, 0.2) is 87.8 Å². The van der Waals surface area contributed by atoms with Crippen LogP contribution in [0.25, 0.3) is 6.08 Å². The lowest BCUT2D eigenvalue weighted by Gasteiger charge is -2.26. The molecule has 5 rings (SSSR count). The molecule has 1 atom stereocenters. The number of halogens is 1. The molecule has 0 saturated heterocycles. The zero-order valence-corrected chi connectivity index (χ0v) is 22.8. The molecule has 2 heterocycles. The molecular weight excluding hydrogens is 538 g/mol. The zero-order chi connectivity index (χ0) is 27.7. The molecule has 1 aliphatic rings. The van der Waals surface area contributed by atoms with Crippen molar-refractivity contribution in [1.82, 2.24) is 4.57 Å². The van der Waals surface area contributed by atoms with Crippen molar-refractivity contribution in [1.29, 1.82) is 0 Å². The number of para-hydroxylation sites is 1. The smallest absolute Gasteiger partial charge is 0.271 e. The fourth-order valence-electron chi connectivity index (χ4n) is 4.45. The molecular formula is C29H24ClN3O5S. The fourth-order valence-corrected chi connectivity index (χ4v) is 5.67. The van der Waals surface area contributed by atoms with E-state index in [1.165, 1.54) is 17.7 Å². The lowest BCUT2D eigenvalue weighted by atomic mass is 9.94. The third kappa shape index (κ3) is 5.06. The Morgan fingerprint density at radius 3 is 2.59 bits per heavy atom. The van der Waals surface area contributed by atoms with Crippen molar-refractivity contribution in [2.45, 2.75) is 13.0 Å². The zero-order valence-electron chi connectivity index (χ0n) is 21.3. The number of hydrogen-bond acceptors (Lipinski definition) is 7. The number of nitrogens with zero attached hydrogens (tertiary/aromatic N) is 2. The Kier molecular flexibility index (Phi) is 7.28. The molecule has 39 heavy (non-hydrogen) atoms. The number of amides is 1. The Morgan fingerprint density at radius 1 is 1.10 bits per heavy atom. The molecule has 1 aliphatic heterocycles. The maximum Gasteiger partial charge on any atom is 0.271 e. The van der Waals surface area contributed by atoms with E-state index in [4.69, 9.17) is 21.1 Å². The first-order valence-corrected chi connectivity index (χ1v) is 13.1. The molecule has 0 spiro atoms. The van der Waals surface area contributed by atoms with Crippen molar-refractivity contribution in [2.24, 2.45) is 4.99 Å². The van der Waals surface area contributed by atoms with Gasteiger partial charge in [0.05, 0.1) is 30.0 Å². The van der Waals surface area contributed by atoms with Crippen molar-refractivity contribution < 1.29 is 19.4 Å². The van der Waals surface area contributed by atoms with Crippen LogP contribution < -0.4 is 29.7 Å². The highest BCUT2D eigenvalue weighted by Crippen LogP contribution is 2.37. The van der Waals surface area contributed by atoms with Gasteiger partial charge in [0.1, 0.15) is 23.3 Å². The van der Waals surface area contributed by atoms with Gasteiger partial charge in [-0.2, -0.15) is 0 Å². The van der Waals surface area contributed by atoms with E-state index in [1.807, 2.05) is 18.2 Å². The van der Waals surface area contributed by atoms with Gasteiger partial charge in [0.2, 0.25) is 0 Å². The topological polar surface area (TPSA) is 102 Å². The maximum atomic E-state index is 13.9. The number of fused-ring (bicyclic) bond motifs is 1. The van der Waals surface area contributed by atoms with Crippen LogP contribution in [-0.2, 0) is 4.79 Å². The molecule has 4 aromatic rings. The Morgan fingerprint density at radius 2 is 1.87 bits per heavy atom. The minimum atomic E-state index is -0.846. The van der Waals surface area contributed by atoms with E-state index in [1.54, 1.807) is 62.6 Å². The Balaban J connectivity index is 1.74. The molecule has 1 aromatic heterocycles. The number of thiazole rings is 1. The second-order valence-corrected chi connectivity index (χ2v) is 10.2. The Hall–Kier alpha value is -4.34. The lowest BCUT2D eigenvalue weighted by molar-refractivity contribution is -0.113. The molecule has 0 fully saturated rings. The van der Waals surface area contributed by atoms with Crippen LogP contribution >= 0.6 is 22.9 Å². The van der Waals surface area contributed by atoms with Gasteiger partial charge < -0.3 is 19.9 Å². The summed E-state index contributed by atoms with van der Waals surface area (Å²) in [6, 6.07) is 18.0. The summed E-state index contributed by atoms with van der Waals surface area (Å²) in [7, 11) is 3.07. The number of anilines is 1. The largest absolute Gasteiger partial charge is 0.507 e. The number of phenolic OH excluding ortho intramolecular Hbond substituents is 1. The van der Waals surface area contributed by atoms with Crippen LogP contribution in [0.5, 0.6) is 17.2 Å². The maximum absolute atomic E-state index is 13.9. The van der Waals surface area contributed by atoms with E-state index >= 15 is 0 Å². The van der Waals surface area contributed by atoms with Crippen LogP contribution in [0.1, 0.15) is 24.1 Å². The Labute approximate surface area is 232 Å². The number of aromatic hydroxyl groups is 1. The molecule has 0 aliphatic carbocycles. The summed E-state index contributed by atoms with van der Waals surface area (Å²) in [5.41, 5.74) is 1.97. The van der Waals surface area contributed by atoms with Crippen molar-refractivity contribution in [3.8, 4) is 17.2 Å². The number of ether oxygens (including phenoxy) is 2. The molecule has 0 unspecified atom stereocenters. The average molecular weight is 562 g/mol. The molecule has 3 aromatic carbocycles. The first kappa shape index (κ1) is 26.3. The number of methoxy groups -OCH3 is 2. The average Bonchev–Trinajstić information content (AvgIpc) is 3.24. The summed E-state index contributed by atoms with van der Waals surface area (Å²) in [6.45, 7) is 1.74. The summed E-state index contributed by atoms with van der Waals surface area (Å²) < 4.78 is 12.8. The van der Waals surface area contributed by atoms with E-state index in [0.29, 0.717) is 53.9 Å². The highest BCUT2D eigenvalue weighted by molar-refractivity contribution is 7.07. The van der Waals surface area contributed by atoms with Crippen LogP contribution in [-0.4, -0.2) is 29.8 Å². The summed E-state index contributed by atoms with van der Waals surface area (Å²) in [5.74, 6) is 0.598. The minimum Gasteiger partial charge on any atom is -0.507 e. The SMILES string of the molecule is COc1ccc([C@H]2C(C(=O)Nc3ccccc3)=C(C)N=c3s/c(=C\c4cc(Cl)ccc4O)c(=O)n32)c(OC)c1. The normalized spacial score (nSPS) is 15.0. The summed E-state index contributed by atoms with van der Waals surface area (Å²) in [5, 5.41) is 13.7. The van der Waals surface area contributed by atoms with Gasteiger partial charge in [0.25, 0.3) is 11.5 Å². The van der Waals surface area contributed by atoms with Gasteiger partial charge >= 0.3 is 0 Å². The van der Waals surface area contributed by atoms with Crippen molar-refractivity contribution in [2.75, 3.05) is 19.5 Å². The number of carbonyl (C=O) groups excluding carboxylic acids is 1. The first-order chi connectivity index (χ1) is 18.8. The van der Waals surface area contributed by atoms with Gasteiger partial charge in [-0.1, -0.05) is 41.1 Å². The minimum absolute atomic E-state index is 0.0160. The molecule has 1 amide bonds. The first-order valence-electron chi connectivity index (χ1n) is 11.9. The monoisotopic (exact) mass is 561 g/mol. The third-order valence-electron chi connectivity index (χ3n) is 6.31. The number of rotatable bonds is 6. The number of benzene rings is 3. The number of nitrogens with one attached hydrogen (secondary N) is 1. The summed E-state index contributed by atoms with van der Waals surface area (Å²) >= 11 is 7.27. The number of phenols is 1. The molecule has 0 saturated carbocycles. The van der Waals surface area contributed by atoms with Crippen molar-refractivity contribution in [3.63, 3.8) is 0 Å². The molecule has 198 valence electrons. The number of allylic oxidation sites excluding steroid dienone is 1. The predicted molar refractivity (Wildman–Crippen MR) is 152 cm³/mol. The lowest BCUT2D eigenvalue weighted by Crippen LogP contribution is -2.40. The highest BCUT2D eigenvalue weighted by Gasteiger charge is 2.34. The molecule has 0 radical (unpaired) electrons. The van der Waals surface area contributed by atoms with Crippen molar-refractivity contribution in [3.05, 3.63) is 114 Å². The second-order valence-electron chi connectivity index (χ2n) is 8.71. The van der Waals surface area contributed by atoms with E-state index < -0.39 is 11.9 Å². The van der Waals surface area contributed by atoms with Crippen LogP contribution in [0.4, 0.5) is 5.69 Å². The Bertz CT molecular complexity index is 1790. The summed E-state index contributed by atoms with van der Waals surface area (Å²) in [6.07, 6.45) is 1.57. The standard InChI is InChI=1S/C29H24ClN3O5S/c1-16-25(27(35)32-19-7-5-4-6-8-19)26(21-11-10-20(37-2)15-23(21)38-3)33-28(36)24(39-29(33)31-16)14-17-13-18(30)9-12-22(17)34/h4-15,26,34H,1-3H3,(H,32,35)/b24-14-/t26-/m0/s1. The van der Waals surface area contributed by atoms with Crippen LogP contribution in [0.3, 0.4) is 0 Å². The predicted octanol–water partition coefficient (Wildman–Crippen LogP) is 4.25. The highest BCUT2D eigenvalue weighted by atomic mass is 35.5.